The minimum absolute atomic E-state index is 0.307. The fourth-order valence-electron chi connectivity index (χ4n) is 3.64. The number of Topliss-reactive ketones (excluding diaryl/α,β-unsaturated/α-hetero) is 1. The Morgan fingerprint density at radius 1 is 0.846 bits per heavy atom. The first-order valence-corrected chi connectivity index (χ1v) is 9.64. The topological polar surface area (TPSA) is 23.6 Å². The largest absolute Gasteiger partial charge is 0.300 e. The molecule has 0 aliphatic carbocycles. The van der Waals surface area contributed by atoms with Gasteiger partial charge in [0, 0.05) is 39.1 Å². The first kappa shape index (κ1) is 18.8. The van der Waals surface area contributed by atoms with E-state index in [0.29, 0.717) is 12.2 Å². The van der Waals surface area contributed by atoms with E-state index in [4.69, 9.17) is 0 Å². The Labute approximate surface area is 157 Å². The van der Waals surface area contributed by atoms with Crippen molar-refractivity contribution in [1.82, 2.24) is 9.80 Å². The molecule has 0 atom stereocenters. The van der Waals surface area contributed by atoms with Crippen LogP contribution in [0.4, 0.5) is 0 Å². The monoisotopic (exact) mass is 350 g/mol. The maximum absolute atomic E-state index is 12.9. The second-order valence-electron chi connectivity index (χ2n) is 7.71. The van der Waals surface area contributed by atoms with E-state index in [9.17, 15) is 4.79 Å². The molecule has 1 saturated heterocycles. The van der Waals surface area contributed by atoms with Crippen LogP contribution in [-0.2, 0) is 17.6 Å². The Morgan fingerprint density at radius 2 is 1.38 bits per heavy atom. The minimum atomic E-state index is -0.401. The predicted octanol–water partition coefficient (Wildman–Crippen LogP) is 3.44. The number of piperazine rings is 1. The molecule has 0 radical (unpaired) electrons. The third-order valence-corrected chi connectivity index (χ3v) is 5.61. The van der Waals surface area contributed by atoms with Gasteiger partial charge in [-0.25, -0.2) is 0 Å². The fraction of sp³-hybridized carbons (Fsp3) is 0.435. The zero-order valence-electron chi connectivity index (χ0n) is 16.0. The van der Waals surface area contributed by atoms with Gasteiger partial charge in [-0.2, -0.15) is 0 Å². The first-order chi connectivity index (χ1) is 12.6. The van der Waals surface area contributed by atoms with Gasteiger partial charge in [0.1, 0.15) is 0 Å². The Bertz CT molecular complexity index is 689. The second kappa shape index (κ2) is 8.61. The number of rotatable bonds is 7. The number of ketones is 1. The third kappa shape index (κ3) is 4.80. The van der Waals surface area contributed by atoms with E-state index in [2.05, 4.69) is 54.0 Å². The molecule has 1 aliphatic rings. The van der Waals surface area contributed by atoms with E-state index in [1.807, 2.05) is 30.3 Å². The van der Waals surface area contributed by atoms with Crippen LogP contribution in [0.2, 0.25) is 0 Å². The summed E-state index contributed by atoms with van der Waals surface area (Å²) in [6.45, 7) is 9.25. The molecule has 3 heteroatoms. The summed E-state index contributed by atoms with van der Waals surface area (Å²) in [5.74, 6) is 0.307. The van der Waals surface area contributed by atoms with Gasteiger partial charge in [-0.05, 0) is 31.4 Å². The summed E-state index contributed by atoms with van der Waals surface area (Å²) in [6, 6.07) is 20.7. The summed E-state index contributed by atoms with van der Waals surface area (Å²) < 4.78 is 0. The predicted molar refractivity (Wildman–Crippen MR) is 107 cm³/mol. The molecular formula is C23H30N2O. The molecule has 0 N–H and O–H groups in total. The number of carbonyl (C=O) groups is 1. The molecular weight excluding hydrogens is 320 g/mol. The van der Waals surface area contributed by atoms with Crippen molar-refractivity contribution in [3.05, 3.63) is 71.8 Å². The molecule has 0 saturated carbocycles. The molecule has 0 unspecified atom stereocenters. The van der Waals surface area contributed by atoms with Gasteiger partial charge in [0.05, 0.1) is 5.54 Å². The van der Waals surface area contributed by atoms with Crippen molar-refractivity contribution in [2.75, 3.05) is 32.7 Å². The van der Waals surface area contributed by atoms with Crippen molar-refractivity contribution in [2.24, 2.45) is 0 Å². The van der Waals surface area contributed by atoms with Gasteiger partial charge in [0.25, 0.3) is 0 Å². The van der Waals surface area contributed by atoms with Crippen molar-refractivity contribution >= 4 is 5.78 Å². The normalized spacial score (nSPS) is 16.5. The number of hydrogen-bond donors (Lipinski definition) is 0. The third-order valence-electron chi connectivity index (χ3n) is 5.61. The molecule has 2 aromatic rings. The summed E-state index contributed by atoms with van der Waals surface area (Å²) in [5.41, 5.74) is 2.10. The van der Waals surface area contributed by atoms with Crippen LogP contribution >= 0.6 is 0 Å². The number of hydrogen-bond acceptors (Lipinski definition) is 3. The summed E-state index contributed by atoms with van der Waals surface area (Å²) in [5, 5.41) is 0. The Morgan fingerprint density at radius 3 is 1.96 bits per heavy atom. The van der Waals surface area contributed by atoms with Gasteiger partial charge in [-0.15, -0.1) is 0 Å². The fourth-order valence-corrected chi connectivity index (χ4v) is 3.64. The summed E-state index contributed by atoms with van der Waals surface area (Å²) in [4.78, 5) is 17.7. The van der Waals surface area contributed by atoms with Gasteiger partial charge >= 0.3 is 0 Å². The molecule has 3 rings (SSSR count). The summed E-state index contributed by atoms with van der Waals surface area (Å²) >= 11 is 0. The van der Waals surface area contributed by atoms with Crippen molar-refractivity contribution in [1.29, 1.82) is 0 Å². The standard InChI is InChI=1S/C23H30N2O/c1-23(2,22(26)19-21-11-7-4-8-12-21)25-17-15-24(16-18-25)14-13-20-9-5-3-6-10-20/h3-12H,13-19H2,1-2H3. The van der Waals surface area contributed by atoms with Crippen LogP contribution < -0.4 is 0 Å². The van der Waals surface area contributed by atoms with Crippen LogP contribution in [0, 0.1) is 0 Å². The molecule has 0 bridgehead atoms. The SMILES string of the molecule is CC(C)(C(=O)Cc1ccccc1)N1CCN(CCc2ccccc2)CC1. The highest BCUT2D eigenvalue weighted by Crippen LogP contribution is 2.20. The van der Waals surface area contributed by atoms with Gasteiger partial charge in [0.15, 0.2) is 5.78 Å². The summed E-state index contributed by atoms with van der Waals surface area (Å²) in [7, 11) is 0. The van der Waals surface area contributed by atoms with Gasteiger partial charge in [-0.1, -0.05) is 60.7 Å². The zero-order chi connectivity index (χ0) is 18.4. The van der Waals surface area contributed by atoms with Crippen molar-refractivity contribution in [2.45, 2.75) is 32.2 Å². The highest BCUT2D eigenvalue weighted by Gasteiger charge is 2.35. The lowest BCUT2D eigenvalue weighted by atomic mass is 9.91. The lowest BCUT2D eigenvalue weighted by molar-refractivity contribution is -0.130. The molecule has 0 spiro atoms. The van der Waals surface area contributed by atoms with Crippen LogP contribution in [-0.4, -0.2) is 53.8 Å². The Hall–Kier alpha value is -1.97. The number of nitrogens with zero attached hydrogens (tertiary/aromatic N) is 2. The molecule has 1 fully saturated rings. The number of carbonyl (C=O) groups excluding carboxylic acids is 1. The Balaban J connectivity index is 1.49. The van der Waals surface area contributed by atoms with E-state index in [-0.39, 0.29) is 0 Å². The van der Waals surface area contributed by atoms with Gasteiger partial charge in [-0.3, -0.25) is 9.69 Å². The average Bonchev–Trinajstić information content (AvgIpc) is 2.68. The van der Waals surface area contributed by atoms with Crippen molar-refractivity contribution in [3.8, 4) is 0 Å². The van der Waals surface area contributed by atoms with Crippen molar-refractivity contribution in [3.63, 3.8) is 0 Å². The smallest absolute Gasteiger partial charge is 0.156 e. The first-order valence-electron chi connectivity index (χ1n) is 9.64. The molecule has 3 nitrogen and oxygen atoms in total. The maximum atomic E-state index is 12.9. The molecule has 1 heterocycles. The van der Waals surface area contributed by atoms with E-state index >= 15 is 0 Å². The van der Waals surface area contributed by atoms with E-state index in [1.165, 1.54) is 5.56 Å². The van der Waals surface area contributed by atoms with E-state index in [1.54, 1.807) is 0 Å². The van der Waals surface area contributed by atoms with Crippen LogP contribution in [0.5, 0.6) is 0 Å². The molecule has 1 aliphatic heterocycles. The molecule has 0 aromatic heterocycles. The molecule has 138 valence electrons. The van der Waals surface area contributed by atoms with E-state index in [0.717, 1.165) is 44.7 Å². The number of benzene rings is 2. The van der Waals surface area contributed by atoms with Gasteiger partial charge < -0.3 is 4.90 Å². The zero-order valence-corrected chi connectivity index (χ0v) is 16.0. The van der Waals surface area contributed by atoms with Gasteiger partial charge in [0.2, 0.25) is 0 Å². The molecule has 26 heavy (non-hydrogen) atoms. The van der Waals surface area contributed by atoms with Crippen molar-refractivity contribution < 1.29 is 4.79 Å². The minimum Gasteiger partial charge on any atom is -0.300 e. The highest BCUT2D eigenvalue weighted by molar-refractivity contribution is 5.89. The average molecular weight is 351 g/mol. The highest BCUT2D eigenvalue weighted by atomic mass is 16.1. The van der Waals surface area contributed by atoms with Crippen LogP contribution in [0.15, 0.2) is 60.7 Å². The van der Waals surface area contributed by atoms with Crippen LogP contribution in [0.1, 0.15) is 25.0 Å². The Kier molecular flexibility index (Phi) is 6.23. The second-order valence-corrected chi connectivity index (χ2v) is 7.71. The van der Waals surface area contributed by atoms with Crippen LogP contribution in [0.3, 0.4) is 0 Å². The lowest BCUT2D eigenvalue weighted by Gasteiger charge is -2.43. The van der Waals surface area contributed by atoms with Crippen LogP contribution in [0.25, 0.3) is 0 Å². The molecule has 2 aromatic carbocycles. The maximum Gasteiger partial charge on any atom is 0.156 e. The lowest BCUT2D eigenvalue weighted by Crippen LogP contribution is -2.58. The molecule has 0 amide bonds. The van der Waals surface area contributed by atoms with E-state index < -0.39 is 5.54 Å². The summed E-state index contributed by atoms with van der Waals surface area (Å²) in [6.07, 6.45) is 1.61. The quantitative estimate of drug-likeness (QED) is 0.764.